The van der Waals surface area contributed by atoms with Crippen LogP contribution in [0.5, 0.6) is 0 Å². The molecule has 140 valence electrons. The summed E-state index contributed by atoms with van der Waals surface area (Å²) in [4.78, 5) is 50.4. The van der Waals surface area contributed by atoms with Crippen LogP contribution >= 0.6 is 0 Å². The molecule has 1 fully saturated rings. The molecule has 1 aromatic carbocycles. The monoisotopic (exact) mass is 361 g/mol. The van der Waals surface area contributed by atoms with Crippen molar-refractivity contribution in [1.82, 2.24) is 10.2 Å². The first-order chi connectivity index (χ1) is 12.5. The molecule has 4 amide bonds. The number of nitrogens with zero attached hydrogens (tertiary/aromatic N) is 2. The summed E-state index contributed by atoms with van der Waals surface area (Å²) in [6.45, 7) is 3.60. The van der Waals surface area contributed by atoms with Gasteiger partial charge in [-0.15, -0.1) is 0 Å². The molecule has 1 saturated heterocycles. The lowest BCUT2D eigenvalue weighted by Crippen LogP contribution is -2.41. The smallest absolute Gasteiger partial charge is 0.332 e. The van der Waals surface area contributed by atoms with Gasteiger partial charge < -0.3 is 10.1 Å². The van der Waals surface area contributed by atoms with E-state index in [-0.39, 0.29) is 25.5 Å². The van der Waals surface area contributed by atoms with Crippen LogP contribution in [-0.4, -0.2) is 54.5 Å². The zero-order valence-electron chi connectivity index (χ0n) is 14.9. The predicted molar refractivity (Wildman–Crippen MR) is 94.4 cm³/mol. The number of anilines is 1. The van der Waals surface area contributed by atoms with E-state index in [2.05, 4.69) is 5.32 Å². The van der Waals surface area contributed by atoms with E-state index in [1.165, 1.54) is 4.90 Å². The summed E-state index contributed by atoms with van der Waals surface area (Å²) >= 11 is 0. The molecule has 1 aliphatic rings. The predicted octanol–water partition coefficient (Wildman–Crippen LogP) is 1.30. The minimum absolute atomic E-state index is 0.203. The number of para-hydroxylation sites is 1. The molecule has 1 atom stereocenters. The van der Waals surface area contributed by atoms with Crippen LogP contribution in [0, 0.1) is 0 Å². The van der Waals surface area contributed by atoms with Crippen LogP contribution in [0.25, 0.3) is 0 Å². The zero-order valence-corrected chi connectivity index (χ0v) is 14.9. The van der Waals surface area contributed by atoms with Crippen LogP contribution in [0.15, 0.2) is 30.3 Å². The van der Waals surface area contributed by atoms with Crippen molar-refractivity contribution in [2.24, 2.45) is 0 Å². The van der Waals surface area contributed by atoms with Crippen molar-refractivity contribution in [1.29, 1.82) is 0 Å². The Morgan fingerprint density at radius 2 is 1.88 bits per heavy atom. The lowest BCUT2D eigenvalue weighted by Gasteiger charge is -2.19. The fourth-order valence-corrected chi connectivity index (χ4v) is 2.69. The zero-order chi connectivity index (χ0) is 19.1. The number of carbonyl (C=O) groups excluding carboxylic acids is 4. The van der Waals surface area contributed by atoms with Crippen LogP contribution in [0.3, 0.4) is 0 Å². The number of amides is 4. The maximum Gasteiger partial charge on any atom is 0.332 e. The first-order valence-corrected chi connectivity index (χ1v) is 8.57. The molecule has 0 bridgehead atoms. The summed E-state index contributed by atoms with van der Waals surface area (Å²) in [6.07, 6.45) is 0.632. The van der Waals surface area contributed by atoms with E-state index in [9.17, 15) is 19.2 Å². The number of hydrogen-bond donors (Lipinski definition) is 1. The number of nitrogens with one attached hydrogen (secondary N) is 1. The van der Waals surface area contributed by atoms with Gasteiger partial charge in [0.1, 0.15) is 12.6 Å². The fraction of sp³-hybridized carbons (Fsp3) is 0.444. The Morgan fingerprint density at radius 1 is 1.19 bits per heavy atom. The van der Waals surface area contributed by atoms with Gasteiger partial charge in [0, 0.05) is 18.7 Å². The second-order valence-corrected chi connectivity index (χ2v) is 5.85. The van der Waals surface area contributed by atoms with Crippen molar-refractivity contribution in [2.45, 2.75) is 32.7 Å². The van der Waals surface area contributed by atoms with Gasteiger partial charge in [0.15, 0.2) is 0 Å². The number of urea groups is 1. The molecular formula is C18H23N3O5. The molecular weight excluding hydrogens is 338 g/mol. The van der Waals surface area contributed by atoms with Crippen molar-refractivity contribution in [3.63, 3.8) is 0 Å². The number of rotatable bonds is 8. The second-order valence-electron chi connectivity index (χ2n) is 5.85. The average molecular weight is 361 g/mol. The summed E-state index contributed by atoms with van der Waals surface area (Å²) in [5, 5.41) is 2.61. The molecule has 26 heavy (non-hydrogen) atoms. The molecule has 2 rings (SSSR count). The third-order valence-corrected chi connectivity index (χ3v) is 3.97. The molecule has 1 aromatic rings. The second kappa shape index (κ2) is 8.98. The lowest BCUT2D eigenvalue weighted by molar-refractivity contribution is -0.143. The number of imide groups is 1. The average Bonchev–Trinajstić information content (AvgIpc) is 2.83. The van der Waals surface area contributed by atoms with Crippen molar-refractivity contribution in [3.05, 3.63) is 30.3 Å². The normalized spacial score (nSPS) is 16.8. The summed E-state index contributed by atoms with van der Waals surface area (Å²) in [5.41, 5.74) is 0.607. The van der Waals surface area contributed by atoms with Gasteiger partial charge in [-0.3, -0.25) is 24.2 Å². The van der Waals surface area contributed by atoms with E-state index < -0.39 is 23.9 Å². The third kappa shape index (κ3) is 4.59. The van der Waals surface area contributed by atoms with Crippen molar-refractivity contribution in [3.8, 4) is 0 Å². The molecule has 0 aliphatic carbocycles. The molecule has 1 heterocycles. The fourth-order valence-electron chi connectivity index (χ4n) is 2.69. The van der Waals surface area contributed by atoms with E-state index in [1.54, 1.807) is 38.1 Å². The SMILES string of the molecule is CCOC(=O)CCCNC(=O)CN1C(=O)C(C)N(c2ccccc2)C1=O. The number of esters is 1. The molecule has 1 unspecified atom stereocenters. The van der Waals surface area contributed by atoms with Gasteiger partial charge in [0.25, 0.3) is 5.91 Å². The van der Waals surface area contributed by atoms with Crippen molar-refractivity contribution < 1.29 is 23.9 Å². The summed E-state index contributed by atoms with van der Waals surface area (Å²) in [7, 11) is 0. The standard InChI is InChI=1S/C18H23N3O5/c1-3-26-16(23)10-7-11-19-15(22)12-20-17(24)13(2)21(18(20)25)14-8-5-4-6-9-14/h4-6,8-9,13H,3,7,10-12H2,1-2H3,(H,19,22). The molecule has 1 N–H and O–H groups in total. The van der Waals surface area contributed by atoms with Gasteiger partial charge in [-0.1, -0.05) is 18.2 Å². The largest absolute Gasteiger partial charge is 0.466 e. The topological polar surface area (TPSA) is 96.0 Å². The van der Waals surface area contributed by atoms with Crippen LogP contribution in [-0.2, 0) is 19.1 Å². The highest BCUT2D eigenvalue weighted by Gasteiger charge is 2.43. The Morgan fingerprint density at radius 3 is 2.54 bits per heavy atom. The Labute approximate surface area is 152 Å². The number of carbonyl (C=O) groups is 4. The Balaban J connectivity index is 1.87. The first-order valence-electron chi connectivity index (χ1n) is 8.57. The van der Waals surface area contributed by atoms with Crippen molar-refractivity contribution in [2.75, 3.05) is 24.6 Å². The van der Waals surface area contributed by atoms with E-state index in [0.717, 1.165) is 4.90 Å². The van der Waals surface area contributed by atoms with E-state index in [4.69, 9.17) is 4.74 Å². The quantitative estimate of drug-likeness (QED) is 0.428. The summed E-state index contributed by atoms with van der Waals surface area (Å²) < 4.78 is 4.80. The first kappa shape index (κ1) is 19.4. The van der Waals surface area contributed by atoms with Crippen LogP contribution in [0.1, 0.15) is 26.7 Å². The molecule has 0 saturated carbocycles. The van der Waals surface area contributed by atoms with Gasteiger partial charge in [0.05, 0.1) is 6.61 Å². The summed E-state index contributed by atoms with van der Waals surface area (Å²) in [5.74, 6) is -1.18. The number of benzene rings is 1. The highest BCUT2D eigenvalue weighted by atomic mass is 16.5. The van der Waals surface area contributed by atoms with Gasteiger partial charge in [0.2, 0.25) is 5.91 Å². The molecule has 8 nitrogen and oxygen atoms in total. The Bertz CT molecular complexity index is 677. The van der Waals surface area contributed by atoms with Gasteiger partial charge >= 0.3 is 12.0 Å². The van der Waals surface area contributed by atoms with Gasteiger partial charge in [-0.25, -0.2) is 4.79 Å². The van der Waals surface area contributed by atoms with E-state index in [0.29, 0.717) is 18.7 Å². The minimum Gasteiger partial charge on any atom is -0.466 e. The van der Waals surface area contributed by atoms with E-state index >= 15 is 0 Å². The molecule has 0 radical (unpaired) electrons. The Hall–Kier alpha value is -2.90. The molecule has 0 aromatic heterocycles. The number of ether oxygens (including phenoxy) is 1. The van der Waals surface area contributed by atoms with Gasteiger partial charge in [-0.2, -0.15) is 0 Å². The maximum absolute atomic E-state index is 12.5. The minimum atomic E-state index is -0.665. The third-order valence-electron chi connectivity index (χ3n) is 3.97. The Kier molecular flexibility index (Phi) is 6.71. The molecule has 0 spiro atoms. The van der Waals surface area contributed by atoms with Crippen molar-refractivity contribution >= 4 is 29.5 Å². The van der Waals surface area contributed by atoms with Crippen LogP contribution in [0.4, 0.5) is 10.5 Å². The lowest BCUT2D eigenvalue weighted by atomic mass is 10.2. The highest BCUT2D eigenvalue weighted by molar-refractivity contribution is 6.15. The number of hydrogen-bond acceptors (Lipinski definition) is 5. The highest BCUT2D eigenvalue weighted by Crippen LogP contribution is 2.25. The maximum atomic E-state index is 12.5. The summed E-state index contributed by atoms with van der Waals surface area (Å²) in [6, 6.07) is 7.66. The van der Waals surface area contributed by atoms with Crippen LogP contribution < -0.4 is 10.2 Å². The molecule has 1 aliphatic heterocycles. The molecule has 8 heteroatoms. The van der Waals surface area contributed by atoms with Crippen LogP contribution in [0.2, 0.25) is 0 Å². The van der Waals surface area contributed by atoms with E-state index in [1.807, 2.05) is 6.07 Å². The van der Waals surface area contributed by atoms with Gasteiger partial charge in [-0.05, 0) is 32.4 Å².